The third-order valence-electron chi connectivity index (χ3n) is 2.72. The van der Waals surface area contributed by atoms with Crippen molar-refractivity contribution in [1.29, 1.82) is 0 Å². The number of hydrogen-bond acceptors (Lipinski definition) is 2. The molecule has 0 aliphatic rings. The third-order valence-corrected chi connectivity index (χ3v) is 3.44. The van der Waals surface area contributed by atoms with E-state index in [1.54, 1.807) is 13.2 Å². The monoisotopic (exact) mass is 266 g/mol. The fourth-order valence-electron chi connectivity index (χ4n) is 1.88. The van der Waals surface area contributed by atoms with Gasteiger partial charge in [0.15, 0.2) is 0 Å². The molecule has 0 saturated heterocycles. The molecule has 17 heavy (non-hydrogen) atoms. The van der Waals surface area contributed by atoms with Crippen LogP contribution in [0, 0.1) is 0 Å². The van der Waals surface area contributed by atoms with E-state index >= 15 is 0 Å². The van der Waals surface area contributed by atoms with Gasteiger partial charge in [0.1, 0.15) is 16.9 Å². The number of rotatable bonds is 1. The van der Waals surface area contributed by atoms with Crippen LogP contribution in [0.2, 0.25) is 10.0 Å². The number of hydrogen-bond donors (Lipinski definition) is 0. The van der Waals surface area contributed by atoms with Gasteiger partial charge in [-0.15, -0.1) is 0 Å². The minimum Gasteiger partial charge on any atom is -0.497 e. The van der Waals surface area contributed by atoms with Crippen LogP contribution in [0.4, 0.5) is 0 Å². The smallest absolute Gasteiger partial charge is 0.137 e. The maximum atomic E-state index is 6.01. The van der Waals surface area contributed by atoms with E-state index in [-0.39, 0.29) is 0 Å². The molecule has 0 spiro atoms. The summed E-state index contributed by atoms with van der Waals surface area (Å²) < 4.78 is 10.9. The van der Waals surface area contributed by atoms with E-state index in [9.17, 15) is 0 Å². The molecule has 0 aliphatic heterocycles. The molecule has 0 atom stereocenters. The molecule has 1 heterocycles. The number of halogens is 2. The topological polar surface area (TPSA) is 22.4 Å². The maximum absolute atomic E-state index is 6.01. The van der Waals surface area contributed by atoms with Crippen LogP contribution in [0.1, 0.15) is 0 Å². The average molecular weight is 267 g/mol. The van der Waals surface area contributed by atoms with E-state index < -0.39 is 0 Å². The second-order valence-corrected chi connectivity index (χ2v) is 4.54. The Hall–Kier alpha value is -1.38. The predicted molar refractivity (Wildman–Crippen MR) is 70.3 cm³/mol. The van der Waals surface area contributed by atoms with Crippen LogP contribution in [0.5, 0.6) is 5.75 Å². The lowest BCUT2D eigenvalue weighted by molar-refractivity contribution is 0.415. The quantitative estimate of drug-likeness (QED) is 0.625. The van der Waals surface area contributed by atoms with Gasteiger partial charge in [-0.25, -0.2) is 0 Å². The lowest BCUT2D eigenvalue weighted by Crippen LogP contribution is -1.80. The SMILES string of the molecule is COc1ccc2oc3cc(Cl)c(Cl)cc3c2c1. The van der Waals surface area contributed by atoms with Crippen LogP contribution < -0.4 is 4.74 Å². The molecule has 0 unspecified atom stereocenters. The van der Waals surface area contributed by atoms with Crippen molar-refractivity contribution in [3.8, 4) is 5.75 Å². The highest BCUT2D eigenvalue weighted by Crippen LogP contribution is 2.35. The zero-order valence-electron chi connectivity index (χ0n) is 8.96. The molecule has 3 aromatic rings. The Morgan fingerprint density at radius 1 is 0.941 bits per heavy atom. The highest BCUT2D eigenvalue weighted by molar-refractivity contribution is 6.43. The first-order valence-corrected chi connectivity index (χ1v) is 5.80. The van der Waals surface area contributed by atoms with E-state index in [2.05, 4.69) is 0 Å². The van der Waals surface area contributed by atoms with E-state index in [0.717, 1.165) is 27.7 Å². The van der Waals surface area contributed by atoms with E-state index in [1.807, 2.05) is 24.3 Å². The van der Waals surface area contributed by atoms with Gasteiger partial charge < -0.3 is 9.15 Å². The molecule has 3 rings (SSSR count). The molecule has 2 aromatic carbocycles. The molecule has 1 aromatic heterocycles. The summed E-state index contributed by atoms with van der Waals surface area (Å²) in [5.41, 5.74) is 1.52. The first-order chi connectivity index (χ1) is 8.19. The second-order valence-electron chi connectivity index (χ2n) is 3.73. The first-order valence-electron chi connectivity index (χ1n) is 5.04. The molecule has 0 bridgehead atoms. The molecule has 0 aliphatic carbocycles. The summed E-state index contributed by atoms with van der Waals surface area (Å²) >= 11 is 12.0. The molecule has 4 heteroatoms. The number of methoxy groups -OCH3 is 1. The molecule has 86 valence electrons. The van der Waals surface area contributed by atoms with Gasteiger partial charge in [0.05, 0.1) is 17.2 Å². The van der Waals surface area contributed by atoms with Gasteiger partial charge in [-0.1, -0.05) is 23.2 Å². The van der Waals surface area contributed by atoms with Crippen LogP contribution >= 0.6 is 23.2 Å². The van der Waals surface area contributed by atoms with Crippen molar-refractivity contribution in [2.45, 2.75) is 0 Å². The Kier molecular flexibility index (Phi) is 2.42. The Bertz CT molecular complexity index is 716. The minimum atomic E-state index is 0.491. The van der Waals surface area contributed by atoms with Gasteiger partial charge in [-0.05, 0) is 24.3 Å². The Balaban J connectivity index is 2.44. The van der Waals surface area contributed by atoms with Crippen molar-refractivity contribution in [3.63, 3.8) is 0 Å². The number of fused-ring (bicyclic) bond motifs is 3. The minimum absolute atomic E-state index is 0.491. The Labute approximate surface area is 108 Å². The van der Waals surface area contributed by atoms with Crippen LogP contribution in [-0.2, 0) is 0 Å². The third kappa shape index (κ3) is 1.65. The molecule has 0 radical (unpaired) electrons. The van der Waals surface area contributed by atoms with Gasteiger partial charge in [-0.3, -0.25) is 0 Å². The zero-order valence-corrected chi connectivity index (χ0v) is 10.5. The van der Waals surface area contributed by atoms with Gasteiger partial charge >= 0.3 is 0 Å². The normalized spacial score (nSPS) is 11.2. The molecule has 2 nitrogen and oxygen atoms in total. The van der Waals surface area contributed by atoms with Gasteiger partial charge in [0.2, 0.25) is 0 Å². The van der Waals surface area contributed by atoms with Crippen molar-refractivity contribution in [1.82, 2.24) is 0 Å². The van der Waals surface area contributed by atoms with Crippen molar-refractivity contribution in [3.05, 3.63) is 40.4 Å². The summed E-state index contributed by atoms with van der Waals surface area (Å²) in [4.78, 5) is 0. The van der Waals surface area contributed by atoms with E-state index in [0.29, 0.717) is 10.0 Å². The fraction of sp³-hybridized carbons (Fsp3) is 0.0769. The van der Waals surface area contributed by atoms with Crippen LogP contribution in [0.15, 0.2) is 34.7 Å². The predicted octanol–water partition coefficient (Wildman–Crippen LogP) is 4.90. The summed E-state index contributed by atoms with van der Waals surface area (Å²) in [5.74, 6) is 0.784. The summed E-state index contributed by atoms with van der Waals surface area (Å²) in [6.45, 7) is 0. The highest BCUT2D eigenvalue weighted by atomic mass is 35.5. The molecule has 0 saturated carbocycles. The summed E-state index contributed by atoms with van der Waals surface area (Å²) in [5, 5.41) is 2.92. The highest BCUT2D eigenvalue weighted by Gasteiger charge is 2.10. The molecule has 0 amide bonds. The summed E-state index contributed by atoms with van der Waals surface area (Å²) in [6.07, 6.45) is 0. The van der Waals surface area contributed by atoms with Crippen LogP contribution in [0.3, 0.4) is 0 Å². The van der Waals surface area contributed by atoms with Gasteiger partial charge in [-0.2, -0.15) is 0 Å². The van der Waals surface area contributed by atoms with E-state index in [1.165, 1.54) is 0 Å². The Morgan fingerprint density at radius 2 is 1.65 bits per heavy atom. The van der Waals surface area contributed by atoms with Crippen molar-refractivity contribution in [2.75, 3.05) is 7.11 Å². The lowest BCUT2D eigenvalue weighted by atomic mass is 10.1. The second kappa shape index (κ2) is 3.83. The molecule has 0 fully saturated rings. The standard InChI is InChI=1S/C13H8Cl2O2/c1-16-7-2-3-12-8(4-7)9-5-10(14)11(15)6-13(9)17-12/h2-6H,1H3. The van der Waals surface area contributed by atoms with Crippen molar-refractivity contribution >= 4 is 45.1 Å². The van der Waals surface area contributed by atoms with E-state index in [4.69, 9.17) is 32.4 Å². The zero-order chi connectivity index (χ0) is 12.0. The molecular formula is C13H8Cl2O2. The average Bonchev–Trinajstić information content (AvgIpc) is 2.67. The number of ether oxygens (including phenoxy) is 1. The van der Waals surface area contributed by atoms with Crippen LogP contribution in [-0.4, -0.2) is 7.11 Å². The largest absolute Gasteiger partial charge is 0.497 e. The number of benzene rings is 2. The lowest BCUT2D eigenvalue weighted by Gasteiger charge is -1.98. The van der Waals surface area contributed by atoms with Crippen LogP contribution in [0.25, 0.3) is 21.9 Å². The first kappa shape index (κ1) is 10.8. The van der Waals surface area contributed by atoms with Crippen molar-refractivity contribution < 1.29 is 9.15 Å². The van der Waals surface area contributed by atoms with Crippen molar-refractivity contribution in [2.24, 2.45) is 0 Å². The fourth-order valence-corrected chi connectivity index (χ4v) is 2.19. The molecule has 0 N–H and O–H groups in total. The van der Waals surface area contributed by atoms with Gasteiger partial charge in [0, 0.05) is 16.8 Å². The number of furan rings is 1. The molecular weight excluding hydrogens is 259 g/mol. The maximum Gasteiger partial charge on any atom is 0.137 e. The van der Waals surface area contributed by atoms with Gasteiger partial charge in [0.25, 0.3) is 0 Å². The summed E-state index contributed by atoms with van der Waals surface area (Å²) in [7, 11) is 1.63. The Morgan fingerprint density at radius 3 is 2.41 bits per heavy atom. The summed E-state index contributed by atoms with van der Waals surface area (Å²) in [6, 6.07) is 9.19.